The molecule has 0 saturated carbocycles. The molecule has 4 heterocycles. The van der Waals surface area contributed by atoms with Gasteiger partial charge in [0.2, 0.25) is 0 Å². The molecule has 8 nitrogen and oxygen atoms in total. The van der Waals surface area contributed by atoms with Crippen LogP contribution in [0.25, 0.3) is 43.6 Å². The fraction of sp³-hybridized carbons (Fsp3) is 0. The van der Waals surface area contributed by atoms with Crippen LogP contribution in [0.3, 0.4) is 0 Å². The van der Waals surface area contributed by atoms with Crippen molar-refractivity contribution in [2.24, 2.45) is 0 Å². The molecule has 248 valence electrons. The van der Waals surface area contributed by atoms with E-state index in [0.29, 0.717) is 45.1 Å². The summed E-state index contributed by atoms with van der Waals surface area (Å²) < 4.78 is 27.6. The van der Waals surface area contributed by atoms with Crippen molar-refractivity contribution in [3.63, 3.8) is 0 Å². The number of pyridine rings is 4. The molecule has 8 rings (SSSR count). The van der Waals surface area contributed by atoms with Crippen molar-refractivity contribution < 1.29 is 17.7 Å². The Bertz CT molecular complexity index is 2000. The number of aromatic nitrogens is 4. The minimum Gasteiger partial charge on any atom is -0.450 e. The van der Waals surface area contributed by atoms with Crippen LogP contribution >= 0.6 is 49.6 Å². The predicted octanol–water partition coefficient (Wildman–Crippen LogP) is 9.62. The molecule has 0 N–H and O–H groups in total. The van der Waals surface area contributed by atoms with E-state index in [0.717, 1.165) is 21.5 Å². The quantitative estimate of drug-likeness (QED) is 0.142. The van der Waals surface area contributed by atoms with Gasteiger partial charge in [-0.15, -0.1) is 49.6 Å². The SMILES string of the molecule is Cl.Cl.Cl.Cl.c1cnc2c(O[Si](Oc3cccc4cccnc34)(Oc3cccc4cccnc34)Oc3cccc4cccnc34)cccc2c1. The summed E-state index contributed by atoms with van der Waals surface area (Å²) in [4.78, 5) is 18.5. The van der Waals surface area contributed by atoms with Crippen LogP contribution in [0.1, 0.15) is 0 Å². The fourth-order valence-electron chi connectivity index (χ4n) is 5.30. The molecule has 0 spiro atoms. The molecule has 0 saturated heterocycles. The Balaban J connectivity index is 0.00000135. The first-order valence-electron chi connectivity index (χ1n) is 14.4. The van der Waals surface area contributed by atoms with Gasteiger partial charge in [0.05, 0.1) is 0 Å². The first-order chi connectivity index (χ1) is 22.2. The Kier molecular flexibility index (Phi) is 12.1. The Morgan fingerprint density at radius 1 is 0.306 bits per heavy atom. The van der Waals surface area contributed by atoms with Crippen LogP contribution in [0.4, 0.5) is 0 Å². The smallest absolute Gasteiger partial charge is 0.450 e. The van der Waals surface area contributed by atoms with Gasteiger partial charge in [0, 0.05) is 46.3 Å². The number of rotatable bonds is 8. The van der Waals surface area contributed by atoms with Crippen LogP contribution in [0, 0.1) is 0 Å². The van der Waals surface area contributed by atoms with E-state index in [9.17, 15) is 0 Å². The number of halogens is 4. The highest BCUT2D eigenvalue weighted by molar-refractivity contribution is 6.57. The van der Waals surface area contributed by atoms with Gasteiger partial charge < -0.3 is 17.7 Å². The van der Waals surface area contributed by atoms with Gasteiger partial charge in [-0.1, -0.05) is 72.8 Å². The van der Waals surface area contributed by atoms with Crippen molar-refractivity contribution in [1.82, 2.24) is 19.9 Å². The summed E-state index contributed by atoms with van der Waals surface area (Å²) in [5.41, 5.74) is 2.54. The van der Waals surface area contributed by atoms with E-state index in [2.05, 4.69) is 19.9 Å². The van der Waals surface area contributed by atoms with Crippen LogP contribution in [0.15, 0.2) is 146 Å². The molecule has 8 aromatic rings. The molecular weight excluding hydrogens is 722 g/mol. The van der Waals surface area contributed by atoms with E-state index >= 15 is 0 Å². The lowest BCUT2D eigenvalue weighted by Gasteiger charge is -2.29. The van der Waals surface area contributed by atoms with E-state index in [1.165, 1.54) is 0 Å². The molecule has 4 aromatic carbocycles. The zero-order valence-electron chi connectivity index (χ0n) is 25.4. The highest BCUT2D eigenvalue weighted by Gasteiger charge is 2.59. The van der Waals surface area contributed by atoms with Crippen molar-refractivity contribution in [3.8, 4) is 23.0 Å². The minimum absolute atomic E-state index is 0. The van der Waals surface area contributed by atoms with Gasteiger partial charge >= 0.3 is 9.05 Å². The lowest BCUT2D eigenvalue weighted by molar-refractivity contribution is 0.164. The number of nitrogens with zero attached hydrogens (tertiary/aromatic N) is 4. The summed E-state index contributed by atoms with van der Waals surface area (Å²) in [6.07, 6.45) is 6.88. The lowest BCUT2D eigenvalue weighted by atomic mass is 10.2. The second-order valence-corrected chi connectivity index (χ2v) is 12.0. The third kappa shape index (κ3) is 7.41. The van der Waals surface area contributed by atoms with E-state index in [1.54, 1.807) is 24.8 Å². The summed E-state index contributed by atoms with van der Waals surface area (Å²) in [5.74, 6) is 1.76. The monoisotopic (exact) mass is 748 g/mol. The first kappa shape index (κ1) is 36.9. The first-order valence-corrected chi connectivity index (χ1v) is 16.0. The fourth-order valence-corrected chi connectivity index (χ4v) is 7.28. The summed E-state index contributed by atoms with van der Waals surface area (Å²) in [5, 5.41) is 3.57. The summed E-state index contributed by atoms with van der Waals surface area (Å²) in [6, 6.07) is 38.2. The normalized spacial score (nSPS) is 10.6. The van der Waals surface area contributed by atoms with Crippen LogP contribution in [-0.2, 0) is 0 Å². The van der Waals surface area contributed by atoms with Gasteiger partial charge in [-0.05, 0) is 48.5 Å². The maximum absolute atomic E-state index is 6.90. The molecule has 0 amide bonds. The molecule has 49 heavy (non-hydrogen) atoms. The Hall–Kier alpha value is -4.90. The summed E-state index contributed by atoms with van der Waals surface area (Å²) in [7, 11) is -4.39. The molecule has 13 heteroatoms. The zero-order chi connectivity index (χ0) is 30.1. The molecule has 0 fully saturated rings. The number of fused-ring (bicyclic) bond motifs is 4. The standard InChI is InChI=1S/C36H24N4O4Si.4ClH/c1-9-25-13-5-21-37-33(25)29(17-1)41-45(42-30-18-2-10-26-14-6-22-38-34(26)30,43-31-19-3-11-27-15-7-23-39-35(27)31)44-32-20-4-12-28-16-8-24-40-36(28)32;;;;/h1-24H;4*1H. The Labute approximate surface area is 307 Å². The van der Waals surface area contributed by atoms with Crippen molar-refractivity contribution in [3.05, 3.63) is 146 Å². The molecular formula is C36H28Cl4N4O4Si. The van der Waals surface area contributed by atoms with E-state index in [4.69, 9.17) is 17.7 Å². The van der Waals surface area contributed by atoms with Crippen molar-refractivity contribution in [2.75, 3.05) is 0 Å². The molecule has 0 radical (unpaired) electrons. The van der Waals surface area contributed by atoms with Crippen LogP contribution in [0.5, 0.6) is 23.0 Å². The number of hydrogen-bond acceptors (Lipinski definition) is 8. The van der Waals surface area contributed by atoms with Gasteiger partial charge in [-0.2, -0.15) is 0 Å². The van der Waals surface area contributed by atoms with Gasteiger partial charge in [-0.25, -0.2) is 0 Å². The third-order valence-electron chi connectivity index (χ3n) is 7.32. The van der Waals surface area contributed by atoms with Gasteiger partial charge in [0.1, 0.15) is 45.1 Å². The molecule has 0 aliphatic rings. The molecule has 0 unspecified atom stereocenters. The Morgan fingerprint density at radius 2 is 0.531 bits per heavy atom. The Morgan fingerprint density at radius 3 is 0.776 bits per heavy atom. The number of benzene rings is 4. The van der Waals surface area contributed by atoms with Gasteiger partial charge in [0.25, 0.3) is 0 Å². The highest BCUT2D eigenvalue weighted by atomic mass is 35.5. The minimum atomic E-state index is -4.39. The maximum atomic E-state index is 6.90. The largest absolute Gasteiger partial charge is 0.967 e. The van der Waals surface area contributed by atoms with E-state index in [1.807, 2.05) is 121 Å². The topological polar surface area (TPSA) is 88.5 Å². The van der Waals surface area contributed by atoms with Crippen molar-refractivity contribution in [1.29, 1.82) is 0 Å². The van der Waals surface area contributed by atoms with Gasteiger partial charge in [-0.3, -0.25) is 19.9 Å². The van der Waals surface area contributed by atoms with Crippen LogP contribution in [0.2, 0.25) is 0 Å². The number of para-hydroxylation sites is 4. The predicted molar refractivity (Wildman–Crippen MR) is 204 cm³/mol. The second-order valence-electron chi connectivity index (χ2n) is 10.2. The maximum Gasteiger partial charge on any atom is 0.967 e. The van der Waals surface area contributed by atoms with E-state index in [-0.39, 0.29) is 49.6 Å². The third-order valence-corrected chi connectivity index (χ3v) is 9.20. The molecule has 0 atom stereocenters. The lowest BCUT2D eigenvalue weighted by Crippen LogP contribution is -2.60. The second kappa shape index (κ2) is 16.0. The van der Waals surface area contributed by atoms with Crippen molar-refractivity contribution in [2.45, 2.75) is 0 Å². The van der Waals surface area contributed by atoms with Gasteiger partial charge in [0.15, 0.2) is 0 Å². The van der Waals surface area contributed by atoms with E-state index < -0.39 is 9.05 Å². The number of hydrogen-bond donors (Lipinski definition) is 0. The molecule has 4 aromatic heterocycles. The average Bonchev–Trinajstić information content (AvgIpc) is 3.09. The molecule has 0 aliphatic heterocycles. The summed E-state index contributed by atoms with van der Waals surface area (Å²) in [6.45, 7) is 0. The summed E-state index contributed by atoms with van der Waals surface area (Å²) >= 11 is 0. The molecule has 0 bridgehead atoms. The highest BCUT2D eigenvalue weighted by Crippen LogP contribution is 2.35. The molecule has 0 aliphatic carbocycles. The average molecular weight is 751 g/mol. The van der Waals surface area contributed by atoms with Crippen LogP contribution in [-0.4, -0.2) is 29.0 Å². The van der Waals surface area contributed by atoms with Crippen molar-refractivity contribution >= 4 is 102 Å². The zero-order valence-corrected chi connectivity index (χ0v) is 29.7. The van der Waals surface area contributed by atoms with Crippen LogP contribution < -0.4 is 17.7 Å².